The number of rotatable bonds is 5. The second kappa shape index (κ2) is 6.10. The highest BCUT2D eigenvalue weighted by Crippen LogP contribution is 2.24. The third-order valence-electron chi connectivity index (χ3n) is 3.64. The van der Waals surface area contributed by atoms with Gasteiger partial charge in [0, 0.05) is 12.2 Å². The van der Waals surface area contributed by atoms with Crippen molar-refractivity contribution in [2.45, 2.75) is 33.1 Å². The fourth-order valence-electron chi connectivity index (χ4n) is 2.44. The monoisotopic (exact) mass is 248 g/mol. The highest BCUT2D eigenvalue weighted by atomic mass is 16.5. The maximum absolute atomic E-state index is 5.86. The highest BCUT2D eigenvalue weighted by molar-refractivity contribution is 5.53. The Morgan fingerprint density at radius 2 is 1.89 bits per heavy atom. The number of hydrogen-bond acceptors (Lipinski definition) is 3. The predicted octanol–water partition coefficient (Wildman–Crippen LogP) is 2.75. The summed E-state index contributed by atoms with van der Waals surface area (Å²) in [4.78, 5) is 2.52. The molecule has 0 unspecified atom stereocenters. The standard InChI is InChI=1S/C15H24N2O/c1-12-11-15(13(2)10-14(12)16)18-9-5-8-17-6-3-4-7-17/h10-11H,3-9,16H2,1-2H3. The van der Waals surface area contributed by atoms with Crippen molar-refractivity contribution in [2.24, 2.45) is 0 Å². The molecule has 0 aliphatic carbocycles. The summed E-state index contributed by atoms with van der Waals surface area (Å²) in [5.41, 5.74) is 8.93. The van der Waals surface area contributed by atoms with E-state index < -0.39 is 0 Å². The molecule has 1 aromatic rings. The molecule has 0 aromatic heterocycles. The van der Waals surface area contributed by atoms with Crippen molar-refractivity contribution in [3.8, 4) is 5.75 Å². The summed E-state index contributed by atoms with van der Waals surface area (Å²) < 4.78 is 5.85. The van der Waals surface area contributed by atoms with Gasteiger partial charge in [-0.25, -0.2) is 0 Å². The van der Waals surface area contributed by atoms with Gasteiger partial charge in [-0.15, -0.1) is 0 Å². The number of ether oxygens (including phenoxy) is 1. The molecule has 0 saturated carbocycles. The predicted molar refractivity (Wildman–Crippen MR) is 76.1 cm³/mol. The topological polar surface area (TPSA) is 38.5 Å². The van der Waals surface area contributed by atoms with Crippen LogP contribution in [0.1, 0.15) is 30.4 Å². The summed E-state index contributed by atoms with van der Waals surface area (Å²) in [5, 5.41) is 0. The molecule has 0 amide bonds. The number of benzene rings is 1. The molecule has 1 heterocycles. The average molecular weight is 248 g/mol. The van der Waals surface area contributed by atoms with Crippen LogP contribution in [0.2, 0.25) is 0 Å². The summed E-state index contributed by atoms with van der Waals surface area (Å²) in [6.07, 6.45) is 3.82. The molecule has 1 saturated heterocycles. The van der Waals surface area contributed by atoms with E-state index in [1.165, 1.54) is 25.9 Å². The maximum atomic E-state index is 5.86. The summed E-state index contributed by atoms with van der Waals surface area (Å²) in [7, 11) is 0. The van der Waals surface area contributed by atoms with Crippen molar-refractivity contribution in [2.75, 3.05) is 32.0 Å². The fourth-order valence-corrected chi connectivity index (χ4v) is 2.44. The Hall–Kier alpha value is -1.22. The van der Waals surface area contributed by atoms with Crippen LogP contribution in [0.25, 0.3) is 0 Å². The average Bonchev–Trinajstić information content (AvgIpc) is 2.84. The van der Waals surface area contributed by atoms with E-state index >= 15 is 0 Å². The first-order valence-corrected chi connectivity index (χ1v) is 6.88. The first-order chi connectivity index (χ1) is 8.66. The molecule has 1 fully saturated rings. The summed E-state index contributed by atoms with van der Waals surface area (Å²) in [5.74, 6) is 0.975. The van der Waals surface area contributed by atoms with Crippen LogP contribution in [-0.4, -0.2) is 31.1 Å². The van der Waals surface area contributed by atoms with Gasteiger partial charge in [0.05, 0.1) is 6.61 Å². The van der Waals surface area contributed by atoms with Crippen molar-refractivity contribution in [1.82, 2.24) is 4.90 Å². The third kappa shape index (κ3) is 3.39. The van der Waals surface area contributed by atoms with Gasteiger partial charge < -0.3 is 15.4 Å². The molecular formula is C15H24N2O. The number of nitrogens with zero attached hydrogens (tertiary/aromatic N) is 1. The normalized spacial score (nSPS) is 16.1. The van der Waals surface area contributed by atoms with Gasteiger partial charge >= 0.3 is 0 Å². The molecule has 1 aliphatic rings. The van der Waals surface area contributed by atoms with Gasteiger partial charge in [-0.2, -0.15) is 0 Å². The Morgan fingerprint density at radius 3 is 2.61 bits per heavy atom. The minimum absolute atomic E-state index is 0.792. The van der Waals surface area contributed by atoms with Gasteiger partial charge in [0.2, 0.25) is 0 Å². The van der Waals surface area contributed by atoms with Crippen LogP contribution in [0.15, 0.2) is 12.1 Å². The lowest BCUT2D eigenvalue weighted by Crippen LogP contribution is -2.22. The zero-order valence-corrected chi connectivity index (χ0v) is 11.5. The fraction of sp³-hybridized carbons (Fsp3) is 0.600. The summed E-state index contributed by atoms with van der Waals surface area (Å²) in [6.45, 7) is 8.55. The number of likely N-dealkylation sites (tertiary alicyclic amines) is 1. The zero-order chi connectivity index (χ0) is 13.0. The molecule has 0 spiro atoms. The number of nitrogens with two attached hydrogens (primary N) is 1. The van der Waals surface area contributed by atoms with Crippen LogP contribution in [0.5, 0.6) is 5.75 Å². The van der Waals surface area contributed by atoms with Crippen molar-refractivity contribution in [3.63, 3.8) is 0 Å². The molecule has 100 valence electrons. The molecule has 1 aliphatic heterocycles. The molecule has 0 bridgehead atoms. The second-order valence-corrected chi connectivity index (χ2v) is 5.23. The van der Waals surface area contributed by atoms with Gasteiger partial charge in [-0.3, -0.25) is 0 Å². The largest absolute Gasteiger partial charge is 0.493 e. The molecule has 0 radical (unpaired) electrons. The summed E-state index contributed by atoms with van der Waals surface area (Å²) >= 11 is 0. The lowest BCUT2D eigenvalue weighted by molar-refractivity contribution is 0.262. The van der Waals surface area contributed by atoms with Gasteiger partial charge in [-0.05, 0) is 69.5 Å². The number of anilines is 1. The lowest BCUT2D eigenvalue weighted by atomic mass is 10.1. The van der Waals surface area contributed by atoms with Crippen LogP contribution < -0.4 is 10.5 Å². The molecule has 2 N–H and O–H groups in total. The molecule has 1 aromatic carbocycles. The third-order valence-corrected chi connectivity index (χ3v) is 3.64. The number of aryl methyl sites for hydroxylation is 2. The Labute approximate surface area is 110 Å². The Balaban J connectivity index is 1.77. The molecule has 3 nitrogen and oxygen atoms in total. The highest BCUT2D eigenvalue weighted by Gasteiger charge is 2.10. The van der Waals surface area contributed by atoms with E-state index in [0.717, 1.165) is 42.1 Å². The van der Waals surface area contributed by atoms with E-state index in [-0.39, 0.29) is 0 Å². The Kier molecular flexibility index (Phi) is 4.48. The molecule has 0 atom stereocenters. The maximum Gasteiger partial charge on any atom is 0.122 e. The van der Waals surface area contributed by atoms with Gasteiger partial charge in [-0.1, -0.05) is 0 Å². The number of nitrogen functional groups attached to an aromatic ring is 1. The Bertz CT molecular complexity index is 398. The van der Waals surface area contributed by atoms with Crippen molar-refractivity contribution < 1.29 is 4.74 Å². The van der Waals surface area contributed by atoms with Gasteiger partial charge in [0.1, 0.15) is 5.75 Å². The van der Waals surface area contributed by atoms with E-state index in [9.17, 15) is 0 Å². The first kappa shape index (κ1) is 13.2. The summed E-state index contributed by atoms with van der Waals surface area (Å²) in [6, 6.07) is 4.03. The molecule has 18 heavy (non-hydrogen) atoms. The van der Waals surface area contributed by atoms with E-state index in [1.54, 1.807) is 0 Å². The van der Waals surface area contributed by atoms with Gasteiger partial charge in [0.15, 0.2) is 0 Å². The van der Waals surface area contributed by atoms with Crippen LogP contribution in [0.4, 0.5) is 5.69 Å². The second-order valence-electron chi connectivity index (χ2n) is 5.23. The molecular weight excluding hydrogens is 224 g/mol. The van der Waals surface area contributed by atoms with E-state index in [0.29, 0.717) is 0 Å². The quantitative estimate of drug-likeness (QED) is 0.643. The molecule has 2 rings (SSSR count). The van der Waals surface area contributed by atoms with Crippen LogP contribution in [0, 0.1) is 13.8 Å². The Morgan fingerprint density at radius 1 is 1.17 bits per heavy atom. The lowest BCUT2D eigenvalue weighted by Gasteiger charge is -2.15. The number of hydrogen-bond donors (Lipinski definition) is 1. The smallest absolute Gasteiger partial charge is 0.122 e. The van der Waals surface area contributed by atoms with Gasteiger partial charge in [0.25, 0.3) is 0 Å². The van der Waals surface area contributed by atoms with Crippen molar-refractivity contribution in [1.29, 1.82) is 0 Å². The van der Waals surface area contributed by atoms with Crippen LogP contribution >= 0.6 is 0 Å². The first-order valence-electron chi connectivity index (χ1n) is 6.88. The van der Waals surface area contributed by atoms with E-state index in [1.807, 2.05) is 26.0 Å². The van der Waals surface area contributed by atoms with Crippen LogP contribution in [-0.2, 0) is 0 Å². The molecule has 3 heteroatoms. The van der Waals surface area contributed by atoms with E-state index in [4.69, 9.17) is 10.5 Å². The minimum atomic E-state index is 0.792. The SMILES string of the molecule is Cc1cc(OCCCN2CCCC2)c(C)cc1N. The van der Waals surface area contributed by atoms with Crippen LogP contribution in [0.3, 0.4) is 0 Å². The minimum Gasteiger partial charge on any atom is -0.493 e. The van der Waals surface area contributed by atoms with Crippen molar-refractivity contribution >= 4 is 5.69 Å². The van der Waals surface area contributed by atoms with Crippen molar-refractivity contribution in [3.05, 3.63) is 23.3 Å². The zero-order valence-electron chi connectivity index (χ0n) is 11.5. The van der Waals surface area contributed by atoms with E-state index in [2.05, 4.69) is 4.90 Å².